The van der Waals surface area contributed by atoms with Crippen molar-refractivity contribution in [2.45, 2.75) is 38.9 Å². The molecule has 1 N–H and O–H groups in total. The van der Waals surface area contributed by atoms with E-state index in [0.29, 0.717) is 37.4 Å². The van der Waals surface area contributed by atoms with Gasteiger partial charge < -0.3 is 14.3 Å². The number of nitrogens with zero attached hydrogens (tertiary/aromatic N) is 2. The Morgan fingerprint density at radius 1 is 1.19 bits per heavy atom. The largest absolute Gasteiger partial charge is 0.490 e. The van der Waals surface area contributed by atoms with Crippen LogP contribution in [-0.2, 0) is 32.1 Å². The summed E-state index contributed by atoms with van der Waals surface area (Å²) in [6, 6.07) is 4.15. The van der Waals surface area contributed by atoms with Crippen LogP contribution in [0.2, 0.25) is 0 Å². The number of hydrogen-bond acceptors (Lipinski definition) is 6. The van der Waals surface area contributed by atoms with Gasteiger partial charge in [-0.1, -0.05) is 6.92 Å². The second-order valence-electron chi connectivity index (χ2n) is 8.33. The Bertz CT molecular complexity index is 778. The van der Waals surface area contributed by atoms with E-state index in [2.05, 4.69) is 24.0 Å². The highest BCUT2D eigenvalue weighted by molar-refractivity contribution is 5.75. The van der Waals surface area contributed by atoms with Crippen molar-refractivity contribution >= 4 is 11.9 Å². The van der Waals surface area contributed by atoms with Crippen LogP contribution >= 0.6 is 0 Å². The number of hydroxylamine groups is 2. The lowest BCUT2D eigenvalue weighted by atomic mass is 9.81. The molecule has 0 saturated carbocycles. The number of hydrogen-bond donors (Lipinski definition) is 1. The second-order valence-corrected chi connectivity index (χ2v) is 8.33. The molecule has 0 unspecified atom stereocenters. The number of carboxylic acids is 1. The normalized spacial score (nSPS) is 25.9. The standard InChI is InChI=1S/C19H28N2O4.C2HF3O2/c1-2-16-4-5-17(25-16)10-20-9-15-13-23-12-14(18(15)11-20)8-19(22)21-6-3-7-24-21;3-2(4,5)1(6)7/h4-5,14-15,18H,2-3,6-13H2,1H3;(H,6,7)/t14-,15-,18+;/m1./s1. The minimum Gasteiger partial charge on any atom is -0.475 e. The van der Waals surface area contributed by atoms with Gasteiger partial charge in [0.2, 0.25) is 5.91 Å². The molecule has 180 valence electrons. The van der Waals surface area contributed by atoms with Crippen LogP contribution in [0.1, 0.15) is 31.3 Å². The van der Waals surface area contributed by atoms with Crippen molar-refractivity contribution in [1.29, 1.82) is 0 Å². The lowest BCUT2D eigenvalue weighted by molar-refractivity contribution is -0.192. The highest BCUT2D eigenvalue weighted by Crippen LogP contribution is 2.37. The lowest BCUT2D eigenvalue weighted by Gasteiger charge is -2.33. The number of fused-ring (bicyclic) bond motifs is 1. The van der Waals surface area contributed by atoms with Crippen molar-refractivity contribution in [3.8, 4) is 0 Å². The number of alkyl halides is 3. The summed E-state index contributed by atoms with van der Waals surface area (Å²) in [6.07, 6.45) is -2.67. The molecule has 1 aromatic heterocycles. The van der Waals surface area contributed by atoms with E-state index in [0.717, 1.165) is 57.1 Å². The highest BCUT2D eigenvalue weighted by Gasteiger charge is 2.42. The number of aliphatic carboxylic acids is 1. The fraction of sp³-hybridized carbons (Fsp3) is 0.714. The van der Waals surface area contributed by atoms with E-state index in [1.807, 2.05) is 0 Å². The summed E-state index contributed by atoms with van der Waals surface area (Å²) < 4.78 is 43.4. The maximum absolute atomic E-state index is 12.4. The zero-order valence-corrected chi connectivity index (χ0v) is 18.0. The number of carbonyl (C=O) groups is 2. The Hall–Kier alpha value is -2.11. The lowest BCUT2D eigenvalue weighted by Crippen LogP contribution is -2.38. The number of furan rings is 1. The molecule has 4 heterocycles. The third-order valence-electron chi connectivity index (χ3n) is 5.99. The first-order valence-electron chi connectivity index (χ1n) is 10.8. The average Bonchev–Trinajstić information content (AvgIpc) is 3.49. The number of amides is 1. The Labute approximate surface area is 184 Å². The van der Waals surface area contributed by atoms with Gasteiger partial charge in [0.1, 0.15) is 11.5 Å². The average molecular weight is 462 g/mol. The maximum Gasteiger partial charge on any atom is 0.490 e. The van der Waals surface area contributed by atoms with Crippen LogP contribution in [0.4, 0.5) is 13.2 Å². The van der Waals surface area contributed by atoms with Crippen molar-refractivity contribution in [2.75, 3.05) is 39.5 Å². The minimum atomic E-state index is -5.08. The third-order valence-corrected chi connectivity index (χ3v) is 5.99. The molecule has 0 aliphatic carbocycles. The molecule has 1 aromatic rings. The van der Waals surface area contributed by atoms with E-state index in [4.69, 9.17) is 23.9 Å². The van der Waals surface area contributed by atoms with Crippen LogP contribution in [0, 0.1) is 17.8 Å². The zero-order valence-electron chi connectivity index (χ0n) is 18.0. The molecule has 3 saturated heterocycles. The van der Waals surface area contributed by atoms with Crippen molar-refractivity contribution < 1.29 is 41.9 Å². The Kier molecular flexibility index (Phi) is 8.18. The topological polar surface area (TPSA) is 92.5 Å². The van der Waals surface area contributed by atoms with E-state index >= 15 is 0 Å². The van der Waals surface area contributed by atoms with Crippen LogP contribution in [0.3, 0.4) is 0 Å². The van der Waals surface area contributed by atoms with Gasteiger partial charge >= 0.3 is 12.1 Å². The van der Waals surface area contributed by atoms with E-state index in [1.165, 1.54) is 0 Å². The molecule has 1 amide bonds. The van der Waals surface area contributed by atoms with Gasteiger partial charge in [0, 0.05) is 25.9 Å². The molecule has 0 spiro atoms. The number of carboxylic acid groups (broad SMARTS) is 1. The number of rotatable bonds is 5. The van der Waals surface area contributed by atoms with Crippen molar-refractivity contribution in [2.24, 2.45) is 17.8 Å². The first kappa shape index (κ1) is 24.5. The molecule has 3 aliphatic heterocycles. The van der Waals surface area contributed by atoms with E-state index in [-0.39, 0.29) is 5.91 Å². The fourth-order valence-corrected chi connectivity index (χ4v) is 4.42. The highest BCUT2D eigenvalue weighted by atomic mass is 19.4. The van der Waals surface area contributed by atoms with Crippen LogP contribution in [0.25, 0.3) is 0 Å². The summed E-state index contributed by atoms with van der Waals surface area (Å²) in [5.74, 6) is 0.783. The number of halogens is 3. The molecule has 3 aliphatic rings. The smallest absolute Gasteiger partial charge is 0.475 e. The van der Waals surface area contributed by atoms with Gasteiger partial charge in [0.25, 0.3) is 0 Å². The molecule has 0 radical (unpaired) electrons. The minimum absolute atomic E-state index is 0.115. The SMILES string of the molecule is CCc1ccc(CN2C[C@@H]3COC[C@@H](CC(=O)N4CCCO4)[C@@H]3C2)o1.O=C(O)C(F)(F)F. The predicted octanol–water partition coefficient (Wildman–Crippen LogP) is 2.72. The number of likely N-dealkylation sites (tertiary alicyclic amines) is 1. The summed E-state index contributed by atoms with van der Waals surface area (Å²) in [4.78, 5) is 29.2. The van der Waals surface area contributed by atoms with Crippen molar-refractivity contribution in [1.82, 2.24) is 9.96 Å². The summed E-state index contributed by atoms with van der Waals surface area (Å²) in [5, 5.41) is 8.67. The Balaban J connectivity index is 0.000000360. The summed E-state index contributed by atoms with van der Waals surface area (Å²) in [6.45, 7) is 7.89. The molecule has 32 heavy (non-hydrogen) atoms. The van der Waals surface area contributed by atoms with Crippen LogP contribution < -0.4 is 0 Å². The number of carbonyl (C=O) groups excluding carboxylic acids is 1. The quantitative estimate of drug-likeness (QED) is 0.719. The monoisotopic (exact) mass is 462 g/mol. The molecule has 11 heteroatoms. The van der Waals surface area contributed by atoms with Gasteiger partial charge in [-0.3, -0.25) is 14.5 Å². The van der Waals surface area contributed by atoms with Gasteiger partial charge in [-0.2, -0.15) is 13.2 Å². The van der Waals surface area contributed by atoms with Crippen LogP contribution in [0.5, 0.6) is 0 Å². The van der Waals surface area contributed by atoms with Crippen LogP contribution in [-0.4, -0.2) is 72.6 Å². The number of ether oxygens (including phenoxy) is 1. The molecule has 0 bridgehead atoms. The van der Waals surface area contributed by atoms with E-state index in [9.17, 15) is 18.0 Å². The summed E-state index contributed by atoms with van der Waals surface area (Å²) in [5.41, 5.74) is 0. The van der Waals surface area contributed by atoms with E-state index < -0.39 is 12.1 Å². The van der Waals surface area contributed by atoms with Crippen molar-refractivity contribution in [3.05, 3.63) is 23.7 Å². The summed E-state index contributed by atoms with van der Waals surface area (Å²) >= 11 is 0. The molecule has 3 atom stereocenters. The molecule has 3 fully saturated rings. The Morgan fingerprint density at radius 3 is 2.50 bits per heavy atom. The van der Waals surface area contributed by atoms with Crippen molar-refractivity contribution in [3.63, 3.8) is 0 Å². The molecular formula is C21H29F3N2O6. The fourth-order valence-electron chi connectivity index (χ4n) is 4.42. The first-order chi connectivity index (χ1) is 15.2. The molecule has 8 nitrogen and oxygen atoms in total. The zero-order chi connectivity index (χ0) is 23.3. The van der Waals surface area contributed by atoms with E-state index in [1.54, 1.807) is 5.06 Å². The third kappa shape index (κ3) is 6.46. The van der Waals surface area contributed by atoms with Crippen LogP contribution in [0.15, 0.2) is 16.5 Å². The first-order valence-corrected chi connectivity index (χ1v) is 10.8. The van der Waals surface area contributed by atoms with Gasteiger partial charge in [0.05, 0.1) is 32.9 Å². The molecule has 4 rings (SSSR count). The predicted molar refractivity (Wildman–Crippen MR) is 105 cm³/mol. The Morgan fingerprint density at radius 2 is 1.91 bits per heavy atom. The maximum atomic E-state index is 12.4. The number of aryl methyl sites for hydroxylation is 1. The van der Waals surface area contributed by atoms with Gasteiger partial charge in [-0.05, 0) is 36.3 Å². The summed E-state index contributed by atoms with van der Waals surface area (Å²) in [7, 11) is 0. The van der Waals surface area contributed by atoms with Gasteiger partial charge in [-0.25, -0.2) is 9.86 Å². The molecule has 0 aromatic carbocycles. The second kappa shape index (κ2) is 10.7. The molecular weight excluding hydrogens is 433 g/mol. The van der Waals surface area contributed by atoms with Gasteiger partial charge in [-0.15, -0.1) is 0 Å². The van der Waals surface area contributed by atoms with Gasteiger partial charge in [0.15, 0.2) is 0 Å².